The molecule has 0 saturated heterocycles. The van der Waals surface area contributed by atoms with Gasteiger partial charge in [0.1, 0.15) is 0 Å². The number of aromatic nitrogens is 2. The maximum atomic E-state index is 12.9. The van der Waals surface area contributed by atoms with Gasteiger partial charge < -0.3 is 9.47 Å². The van der Waals surface area contributed by atoms with Crippen molar-refractivity contribution in [2.75, 3.05) is 13.2 Å². The number of hydrazone groups is 1. The highest BCUT2D eigenvalue weighted by Crippen LogP contribution is 2.36. The summed E-state index contributed by atoms with van der Waals surface area (Å²) in [6.45, 7) is 7.19. The van der Waals surface area contributed by atoms with Crippen molar-refractivity contribution in [3.8, 4) is 11.5 Å². The van der Waals surface area contributed by atoms with Gasteiger partial charge in [-0.2, -0.15) is 10.2 Å². The molecular weight excluding hydrogens is 444 g/mol. The predicted octanol–water partition coefficient (Wildman–Crippen LogP) is 4.41. The molecule has 1 aromatic heterocycles. The van der Waals surface area contributed by atoms with Crippen LogP contribution >= 0.6 is 11.6 Å². The Hall–Kier alpha value is -3.39. The average Bonchev–Trinajstić information content (AvgIpc) is 2.80. The molecular formula is C24H27ClN4O4. The van der Waals surface area contributed by atoms with Crippen LogP contribution in [0.4, 0.5) is 0 Å². The summed E-state index contributed by atoms with van der Waals surface area (Å²) in [6.07, 6.45) is 3.01. The molecule has 2 aromatic carbocycles. The molecule has 1 N–H and O–H groups in total. The zero-order chi connectivity index (χ0) is 23.8. The lowest BCUT2D eigenvalue weighted by atomic mass is 10.1. The Morgan fingerprint density at radius 2 is 1.91 bits per heavy atom. The smallest absolute Gasteiger partial charge is 0.292 e. The van der Waals surface area contributed by atoms with Crippen LogP contribution in [0.15, 0.2) is 46.3 Å². The van der Waals surface area contributed by atoms with E-state index < -0.39 is 5.91 Å². The number of hydrogen-bond acceptors (Lipinski definition) is 6. The van der Waals surface area contributed by atoms with Crippen LogP contribution in [0.3, 0.4) is 0 Å². The van der Waals surface area contributed by atoms with Crippen LogP contribution in [0, 0.1) is 0 Å². The van der Waals surface area contributed by atoms with Crippen molar-refractivity contribution in [2.24, 2.45) is 5.10 Å². The number of carbonyl (C=O) groups is 1. The third-order valence-corrected chi connectivity index (χ3v) is 4.96. The van der Waals surface area contributed by atoms with Crippen LogP contribution in [-0.2, 0) is 6.54 Å². The highest BCUT2D eigenvalue weighted by atomic mass is 35.5. The van der Waals surface area contributed by atoms with E-state index in [0.717, 1.165) is 6.42 Å². The van der Waals surface area contributed by atoms with Gasteiger partial charge in [0.2, 0.25) is 0 Å². The van der Waals surface area contributed by atoms with Gasteiger partial charge in [-0.15, -0.1) is 0 Å². The van der Waals surface area contributed by atoms with E-state index in [1.54, 1.807) is 36.4 Å². The van der Waals surface area contributed by atoms with E-state index in [9.17, 15) is 9.59 Å². The van der Waals surface area contributed by atoms with Gasteiger partial charge in [0.25, 0.3) is 11.5 Å². The molecule has 0 aliphatic carbocycles. The SMILES string of the molecule is CCCOc1c(Cl)cc(/C=N/NC(=O)c2nn(CCC)c(=O)c3ccccc23)cc1OCC. The van der Waals surface area contributed by atoms with Crippen molar-refractivity contribution in [3.63, 3.8) is 0 Å². The summed E-state index contributed by atoms with van der Waals surface area (Å²) in [6, 6.07) is 10.3. The summed E-state index contributed by atoms with van der Waals surface area (Å²) in [5.74, 6) is 0.465. The fourth-order valence-electron chi connectivity index (χ4n) is 3.25. The van der Waals surface area contributed by atoms with E-state index in [1.807, 2.05) is 20.8 Å². The Labute approximate surface area is 197 Å². The van der Waals surface area contributed by atoms with Gasteiger partial charge in [-0.3, -0.25) is 9.59 Å². The van der Waals surface area contributed by atoms with Crippen LogP contribution in [0.1, 0.15) is 49.7 Å². The first-order chi connectivity index (χ1) is 16.0. The molecule has 8 nitrogen and oxygen atoms in total. The van der Waals surface area contributed by atoms with Crippen molar-refractivity contribution in [1.82, 2.24) is 15.2 Å². The normalized spacial score (nSPS) is 11.2. The molecule has 0 atom stereocenters. The van der Waals surface area contributed by atoms with Gasteiger partial charge in [0.15, 0.2) is 17.2 Å². The molecule has 174 valence electrons. The Morgan fingerprint density at radius 3 is 2.61 bits per heavy atom. The summed E-state index contributed by atoms with van der Waals surface area (Å²) in [7, 11) is 0. The van der Waals surface area contributed by atoms with E-state index in [-0.39, 0.29) is 11.3 Å². The molecule has 0 spiro atoms. The van der Waals surface area contributed by atoms with Crippen molar-refractivity contribution in [2.45, 2.75) is 40.2 Å². The molecule has 3 rings (SSSR count). The van der Waals surface area contributed by atoms with Gasteiger partial charge in [0, 0.05) is 11.9 Å². The molecule has 0 radical (unpaired) electrons. The number of ether oxygens (including phenoxy) is 2. The van der Waals surface area contributed by atoms with E-state index in [1.165, 1.54) is 10.9 Å². The highest BCUT2D eigenvalue weighted by Gasteiger charge is 2.16. The number of rotatable bonds is 10. The highest BCUT2D eigenvalue weighted by molar-refractivity contribution is 6.32. The average molecular weight is 471 g/mol. The van der Waals surface area contributed by atoms with E-state index in [0.29, 0.717) is 59.0 Å². The van der Waals surface area contributed by atoms with E-state index >= 15 is 0 Å². The molecule has 0 bridgehead atoms. The van der Waals surface area contributed by atoms with Crippen LogP contribution in [-0.4, -0.2) is 35.1 Å². The molecule has 1 amide bonds. The van der Waals surface area contributed by atoms with E-state index in [4.69, 9.17) is 21.1 Å². The zero-order valence-electron chi connectivity index (χ0n) is 18.9. The Balaban J connectivity index is 1.86. The third kappa shape index (κ3) is 5.70. The molecule has 0 saturated carbocycles. The second-order valence-electron chi connectivity index (χ2n) is 7.23. The van der Waals surface area contributed by atoms with Crippen LogP contribution in [0.2, 0.25) is 5.02 Å². The number of benzene rings is 2. The maximum absolute atomic E-state index is 12.9. The minimum Gasteiger partial charge on any atom is -0.490 e. The number of aryl methyl sites for hydroxylation is 1. The molecule has 33 heavy (non-hydrogen) atoms. The van der Waals surface area contributed by atoms with Gasteiger partial charge in [0.05, 0.1) is 29.8 Å². The topological polar surface area (TPSA) is 94.8 Å². The van der Waals surface area contributed by atoms with Crippen molar-refractivity contribution < 1.29 is 14.3 Å². The maximum Gasteiger partial charge on any atom is 0.292 e. The Kier molecular flexibility index (Phi) is 8.43. The van der Waals surface area contributed by atoms with Crippen LogP contribution < -0.4 is 20.5 Å². The largest absolute Gasteiger partial charge is 0.490 e. The minimum absolute atomic E-state index is 0.132. The Bertz CT molecular complexity index is 1220. The van der Waals surface area contributed by atoms with Gasteiger partial charge in [-0.05, 0) is 43.5 Å². The summed E-state index contributed by atoms with van der Waals surface area (Å²) < 4.78 is 12.7. The summed E-state index contributed by atoms with van der Waals surface area (Å²) in [5.41, 5.74) is 3.02. The van der Waals surface area contributed by atoms with Crippen LogP contribution in [0.5, 0.6) is 11.5 Å². The quantitative estimate of drug-likeness (QED) is 0.350. The number of fused-ring (bicyclic) bond motifs is 1. The zero-order valence-corrected chi connectivity index (χ0v) is 19.7. The Morgan fingerprint density at radius 1 is 1.15 bits per heavy atom. The van der Waals surface area contributed by atoms with Gasteiger partial charge >= 0.3 is 0 Å². The van der Waals surface area contributed by atoms with Crippen LogP contribution in [0.25, 0.3) is 10.8 Å². The lowest BCUT2D eigenvalue weighted by Crippen LogP contribution is -2.29. The molecule has 1 heterocycles. The van der Waals surface area contributed by atoms with Crippen molar-refractivity contribution in [3.05, 3.63) is 63.0 Å². The van der Waals surface area contributed by atoms with Gasteiger partial charge in [-0.1, -0.05) is 43.6 Å². The first-order valence-corrected chi connectivity index (χ1v) is 11.3. The summed E-state index contributed by atoms with van der Waals surface area (Å²) in [5, 5.41) is 9.62. The fourth-order valence-corrected chi connectivity index (χ4v) is 3.53. The van der Waals surface area contributed by atoms with E-state index in [2.05, 4.69) is 15.6 Å². The lowest BCUT2D eigenvalue weighted by Gasteiger charge is -2.13. The van der Waals surface area contributed by atoms with Crippen molar-refractivity contribution in [1.29, 1.82) is 0 Å². The molecule has 0 aliphatic heterocycles. The lowest BCUT2D eigenvalue weighted by molar-refractivity contribution is 0.0949. The number of hydrogen-bond donors (Lipinski definition) is 1. The predicted molar refractivity (Wildman–Crippen MR) is 130 cm³/mol. The molecule has 0 aliphatic rings. The minimum atomic E-state index is -0.522. The number of nitrogens with zero attached hydrogens (tertiary/aromatic N) is 3. The number of nitrogens with one attached hydrogen (secondary N) is 1. The molecule has 3 aromatic rings. The third-order valence-electron chi connectivity index (χ3n) is 4.68. The summed E-state index contributed by atoms with van der Waals surface area (Å²) >= 11 is 6.37. The second-order valence-corrected chi connectivity index (χ2v) is 7.64. The first kappa shape index (κ1) is 24.3. The number of carbonyl (C=O) groups excluding carboxylic acids is 1. The number of halogens is 1. The number of amides is 1. The molecule has 0 unspecified atom stereocenters. The molecule has 0 fully saturated rings. The first-order valence-electron chi connectivity index (χ1n) is 10.9. The molecule has 9 heteroatoms. The van der Waals surface area contributed by atoms with Crippen molar-refractivity contribution >= 4 is 34.5 Å². The fraction of sp³-hybridized carbons (Fsp3) is 0.333. The monoisotopic (exact) mass is 470 g/mol. The standard InChI is InChI=1S/C24H27ClN4O4/c1-4-11-29-24(31)18-10-8-7-9-17(18)21(28-29)23(30)27-26-15-16-13-19(25)22(33-12-5-2)20(14-16)32-6-3/h7-10,13-15H,4-6,11-12H2,1-3H3,(H,27,30)/b26-15+. The second kappa shape index (κ2) is 11.5. The van der Waals surface area contributed by atoms with Gasteiger partial charge in [-0.25, -0.2) is 10.1 Å². The summed E-state index contributed by atoms with van der Waals surface area (Å²) in [4.78, 5) is 25.5.